The first kappa shape index (κ1) is 25.7. The molecular weight excluding hydrogens is 526 g/mol. The van der Waals surface area contributed by atoms with Crippen molar-refractivity contribution >= 4 is 34.4 Å². The molecule has 3 aromatic carbocycles. The third-order valence-electron chi connectivity index (χ3n) is 7.11. The van der Waals surface area contributed by atoms with E-state index in [1.165, 1.54) is 0 Å². The van der Waals surface area contributed by atoms with Gasteiger partial charge in [-0.3, -0.25) is 4.79 Å². The van der Waals surface area contributed by atoms with Crippen LogP contribution in [0.1, 0.15) is 0 Å². The average Bonchev–Trinajstić information content (AvgIpc) is 3.41. The zero-order valence-electron chi connectivity index (χ0n) is 22.0. The maximum absolute atomic E-state index is 12.9. The van der Waals surface area contributed by atoms with E-state index >= 15 is 0 Å². The lowest BCUT2D eigenvalue weighted by Crippen LogP contribution is -2.50. The van der Waals surface area contributed by atoms with E-state index in [-0.39, 0.29) is 12.5 Å². The second-order valence-corrected chi connectivity index (χ2v) is 9.92. The molecule has 2 aromatic heterocycles. The monoisotopic (exact) mass is 553 g/mol. The van der Waals surface area contributed by atoms with Gasteiger partial charge in [0.05, 0.1) is 12.5 Å². The van der Waals surface area contributed by atoms with E-state index in [2.05, 4.69) is 27.8 Å². The van der Waals surface area contributed by atoms with Crippen LogP contribution in [-0.4, -0.2) is 65.2 Å². The lowest BCUT2D eigenvalue weighted by molar-refractivity contribution is -0.133. The van der Waals surface area contributed by atoms with Gasteiger partial charge in [0.1, 0.15) is 23.6 Å². The van der Waals surface area contributed by atoms with Crippen molar-refractivity contribution in [2.24, 2.45) is 0 Å². The van der Waals surface area contributed by atoms with Crippen LogP contribution in [0.3, 0.4) is 0 Å². The lowest BCUT2D eigenvalue weighted by Gasteiger charge is -2.35. The number of piperazine rings is 1. The molecule has 40 heavy (non-hydrogen) atoms. The Balaban J connectivity index is 1.26. The molecule has 0 atom stereocenters. The summed E-state index contributed by atoms with van der Waals surface area (Å²) in [4.78, 5) is 26.4. The van der Waals surface area contributed by atoms with Crippen LogP contribution in [0.4, 0.5) is 5.82 Å². The number of amides is 1. The Kier molecular flexibility index (Phi) is 7.25. The summed E-state index contributed by atoms with van der Waals surface area (Å²) in [5, 5.41) is 1.61. The summed E-state index contributed by atoms with van der Waals surface area (Å²) in [6.07, 6.45) is 3.73. The van der Waals surface area contributed by atoms with Gasteiger partial charge in [0.2, 0.25) is 0 Å². The van der Waals surface area contributed by atoms with Crippen LogP contribution in [0.25, 0.3) is 27.8 Å². The summed E-state index contributed by atoms with van der Waals surface area (Å²) in [6.45, 7) is 2.45. The van der Waals surface area contributed by atoms with Gasteiger partial charge in [-0.05, 0) is 54.1 Å². The predicted octanol–water partition coefficient (Wildman–Crippen LogP) is 5.48. The number of hydrogen-bond acceptors (Lipinski definition) is 6. The summed E-state index contributed by atoms with van der Waals surface area (Å²) >= 11 is 5.93. The zero-order valence-corrected chi connectivity index (χ0v) is 22.8. The largest absolute Gasteiger partial charge is 0.497 e. The number of ether oxygens (including phenoxy) is 2. The van der Waals surface area contributed by atoms with Gasteiger partial charge in [-0.1, -0.05) is 41.9 Å². The maximum Gasteiger partial charge on any atom is 0.260 e. The number of carbonyl (C=O) groups is 1. The number of hydrogen-bond donors (Lipinski definition) is 0. The van der Waals surface area contributed by atoms with Crippen molar-refractivity contribution in [3.63, 3.8) is 0 Å². The molecule has 0 spiro atoms. The number of rotatable bonds is 7. The fraction of sp³-hybridized carbons (Fsp3) is 0.194. The number of nitrogens with zero attached hydrogens (tertiary/aromatic N) is 5. The Labute approximate surface area is 237 Å². The Morgan fingerprint density at radius 2 is 1.57 bits per heavy atom. The summed E-state index contributed by atoms with van der Waals surface area (Å²) in [6, 6.07) is 25.2. The molecule has 0 bridgehead atoms. The van der Waals surface area contributed by atoms with Crippen molar-refractivity contribution in [2.75, 3.05) is 44.8 Å². The molecule has 1 amide bonds. The molecule has 0 N–H and O–H groups in total. The lowest BCUT2D eigenvalue weighted by atomic mass is 10.1. The van der Waals surface area contributed by atoms with Crippen molar-refractivity contribution in [1.29, 1.82) is 0 Å². The number of benzene rings is 3. The minimum absolute atomic E-state index is 0.0117. The van der Waals surface area contributed by atoms with Crippen molar-refractivity contribution in [3.8, 4) is 28.3 Å². The number of methoxy groups -OCH3 is 1. The zero-order chi connectivity index (χ0) is 27.5. The second kappa shape index (κ2) is 11.3. The first-order chi connectivity index (χ1) is 19.6. The number of aromatic nitrogens is 3. The number of anilines is 1. The SMILES string of the molecule is COc1ccc(-n2cc(-c3ccccc3)c3c(N4CCN(C(=O)COc5ccc(Cl)cc5)CC4)ncnc32)cc1. The van der Waals surface area contributed by atoms with Crippen molar-refractivity contribution in [1.82, 2.24) is 19.4 Å². The van der Waals surface area contributed by atoms with Crippen molar-refractivity contribution in [2.45, 2.75) is 0 Å². The maximum atomic E-state index is 12.9. The fourth-order valence-corrected chi connectivity index (χ4v) is 5.12. The van der Waals surface area contributed by atoms with Gasteiger partial charge in [-0.15, -0.1) is 0 Å². The molecule has 0 radical (unpaired) electrons. The standard InChI is InChI=1S/C31H28ClN5O3/c1-39-25-13-9-24(10-14-25)37-19-27(22-5-3-2-4-6-22)29-30(33-21-34-31(29)37)36-17-15-35(16-18-36)28(38)20-40-26-11-7-23(32)8-12-26/h2-14,19,21H,15-18,20H2,1H3. The molecule has 6 rings (SSSR count). The van der Waals surface area contributed by atoms with Gasteiger partial charge < -0.3 is 23.8 Å². The van der Waals surface area contributed by atoms with Crippen molar-refractivity contribution < 1.29 is 14.3 Å². The highest BCUT2D eigenvalue weighted by molar-refractivity contribution is 6.30. The smallest absolute Gasteiger partial charge is 0.260 e. The molecule has 0 aliphatic carbocycles. The molecule has 1 fully saturated rings. The highest BCUT2D eigenvalue weighted by Crippen LogP contribution is 2.37. The topological polar surface area (TPSA) is 72.7 Å². The molecule has 9 heteroatoms. The van der Waals surface area contributed by atoms with E-state index in [0.717, 1.165) is 39.4 Å². The number of halogens is 1. The van der Waals surface area contributed by atoms with Gasteiger partial charge in [-0.25, -0.2) is 9.97 Å². The Morgan fingerprint density at radius 3 is 2.27 bits per heavy atom. The average molecular weight is 554 g/mol. The van der Waals surface area contributed by atoms with E-state index in [0.29, 0.717) is 37.0 Å². The Hall–Kier alpha value is -4.56. The van der Waals surface area contributed by atoms with Crippen molar-refractivity contribution in [3.05, 3.63) is 96.4 Å². The van der Waals surface area contributed by atoms with E-state index < -0.39 is 0 Å². The van der Waals surface area contributed by atoms with Gasteiger partial charge in [0, 0.05) is 48.6 Å². The van der Waals surface area contributed by atoms with Gasteiger partial charge in [0.15, 0.2) is 12.3 Å². The molecule has 0 saturated carbocycles. The third kappa shape index (κ3) is 5.18. The van der Waals surface area contributed by atoms with Crippen LogP contribution in [0.2, 0.25) is 5.02 Å². The van der Waals surface area contributed by atoms with Crippen LogP contribution >= 0.6 is 11.6 Å². The van der Waals surface area contributed by atoms with E-state index in [9.17, 15) is 4.79 Å². The summed E-state index contributed by atoms with van der Waals surface area (Å²) in [5.41, 5.74) is 3.94. The van der Waals surface area contributed by atoms with E-state index in [1.54, 1.807) is 37.7 Å². The van der Waals surface area contributed by atoms with Gasteiger partial charge >= 0.3 is 0 Å². The second-order valence-electron chi connectivity index (χ2n) is 9.48. The molecule has 0 unspecified atom stereocenters. The first-order valence-electron chi connectivity index (χ1n) is 13.1. The fourth-order valence-electron chi connectivity index (χ4n) is 5.00. The molecule has 5 aromatic rings. The van der Waals surface area contributed by atoms with E-state index in [4.69, 9.17) is 31.0 Å². The molecule has 1 aliphatic heterocycles. The number of fused-ring (bicyclic) bond motifs is 1. The van der Waals surface area contributed by atoms with Gasteiger partial charge in [0.25, 0.3) is 5.91 Å². The highest BCUT2D eigenvalue weighted by Gasteiger charge is 2.26. The molecule has 1 aliphatic rings. The van der Waals surface area contributed by atoms with Crippen LogP contribution in [0, 0.1) is 0 Å². The van der Waals surface area contributed by atoms with Crippen LogP contribution in [0.15, 0.2) is 91.4 Å². The van der Waals surface area contributed by atoms with Crippen LogP contribution in [-0.2, 0) is 4.79 Å². The number of carbonyl (C=O) groups excluding carboxylic acids is 1. The van der Waals surface area contributed by atoms with E-state index in [1.807, 2.05) is 47.4 Å². The highest BCUT2D eigenvalue weighted by atomic mass is 35.5. The Morgan fingerprint density at radius 1 is 0.875 bits per heavy atom. The van der Waals surface area contributed by atoms with Crippen LogP contribution in [0.5, 0.6) is 11.5 Å². The summed E-state index contributed by atoms with van der Waals surface area (Å²) < 4.78 is 13.1. The predicted molar refractivity (Wildman–Crippen MR) is 157 cm³/mol. The first-order valence-corrected chi connectivity index (χ1v) is 13.5. The summed E-state index contributed by atoms with van der Waals surface area (Å²) in [5.74, 6) is 2.23. The minimum Gasteiger partial charge on any atom is -0.497 e. The van der Waals surface area contributed by atoms with Crippen LogP contribution < -0.4 is 14.4 Å². The molecule has 202 valence electrons. The minimum atomic E-state index is -0.0435. The molecule has 3 heterocycles. The third-order valence-corrected chi connectivity index (χ3v) is 7.36. The molecule has 1 saturated heterocycles. The molecule has 8 nitrogen and oxygen atoms in total. The Bertz CT molecular complexity index is 1610. The summed E-state index contributed by atoms with van der Waals surface area (Å²) in [7, 11) is 1.66. The van der Waals surface area contributed by atoms with Gasteiger partial charge in [-0.2, -0.15) is 0 Å². The quantitative estimate of drug-likeness (QED) is 0.266. The molecular formula is C31H28ClN5O3. The normalized spacial score (nSPS) is 13.4.